The fourth-order valence-electron chi connectivity index (χ4n) is 3.86. The van der Waals surface area contributed by atoms with E-state index >= 15 is 0 Å². The molecule has 0 bridgehead atoms. The minimum absolute atomic E-state index is 0.101. The lowest BCUT2D eigenvalue weighted by atomic mass is 9.96. The van der Waals surface area contributed by atoms with E-state index in [1.54, 1.807) is 19.2 Å². The number of amides is 1. The van der Waals surface area contributed by atoms with Crippen LogP contribution in [0.15, 0.2) is 71.8 Å². The van der Waals surface area contributed by atoms with Gasteiger partial charge in [-0.25, -0.2) is 4.98 Å². The Morgan fingerprint density at radius 1 is 1.15 bits per heavy atom. The Bertz CT molecular complexity index is 1390. The van der Waals surface area contributed by atoms with E-state index in [1.165, 1.54) is 12.4 Å². The van der Waals surface area contributed by atoms with Crippen molar-refractivity contribution in [2.24, 2.45) is 0 Å². The summed E-state index contributed by atoms with van der Waals surface area (Å²) in [6.07, 6.45) is 3.58. The average molecular weight is 455 g/mol. The molecule has 0 saturated heterocycles. The summed E-state index contributed by atoms with van der Waals surface area (Å²) in [7, 11) is 1.60. The quantitative estimate of drug-likeness (QED) is 0.459. The van der Waals surface area contributed by atoms with Gasteiger partial charge in [-0.05, 0) is 53.1 Å². The minimum atomic E-state index is -0.566. The first-order valence-corrected chi connectivity index (χ1v) is 10.7. The molecule has 1 atom stereocenters. The molecule has 0 unspecified atom stereocenters. The topological polar surface area (TPSA) is 119 Å². The number of fused-ring (bicyclic) bond motifs is 1. The monoisotopic (exact) mass is 455 g/mol. The van der Waals surface area contributed by atoms with Gasteiger partial charge in [0, 0.05) is 18.8 Å². The minimum Gasteiger partial charge on any atom is -0.497 e. The largest absolute Gasteiger partial charge is 0.497 e. The molecule has 2 aromatic heterocycles. The van der Waals surface area contributed by atoms with Gasteiger partial charge < -0.3 is 19.8 Å². The molecule has 5 rings (SSSR count). The fraction of sp³-hybridized carbons (Fsp3) is 0.160. The number of carbonyl (C=O) groups excluding carboxylic acids is 1. The normalized spacial score (nSPS) is 13.0. The van der Waals surface area contributed by atoms with Gasteiger partial charge >= 0.3 is 0 Å². The standard InChI is InChI=1S/C25H21N5O4/c1-33-18-7-4-15(5-8-18)22(17-6-9-21-16(13-17)10-12-34-21)28-24(31)19-14-26-23(29-25(19)32)20-3-2-11-27-30-20/h2-9,11,13-14,22H,10,12H2,1H3,(H,28,31)(H,26,29,32)/t22-/m1/s1. The van der Waals surface area contributed by atoms with Gasteiger partial charge in [-0.1, -0.05) is 18.2 Å². The Hall–Kier alpha value is -4.53. The van der Waals surface area contributed by atoms with E-state index in [9.17, 15) is 9.59 Å². The van der Waals surface area contributed by atoms with E-state index in [-0.39, 0.29) is 11.4 Å². The lowest BCUT2D eigenvalue weighted by Crippen LogP contribution is -2.33. The van der Waals surface area contributed by atoms with Crippen LogP contribution in [0, 0.1) is 0 Å². The Kier molecular flexibility index (Phi) is 5.73. The van der Waals surface area contributed by atoms with Gasteiger partial charge in [-0.3, -0.25) is 9.59 Å². The number of H-pyrrole nitrogens is 1. The van der Waals surface area contributed by atoms with Crippen LogP contribution in [0.4, 0.5) is 0 Å². The molecular formula is C25H21N5O4. The van der Waals surface area contributed by atoms with Crippen LogP contribution in [-0.4, -0.2) is 39.8 Å². The maximum Gasteiger partial charge on any atom is 0.264 e. The molecule has 1 aliphatic rings. The molecule has 4 aromatic rings. The highest BCUT2D eigenvalue weighted by atomic mass is 16.5. The van der Waals surface area contributed by atoms with Crippen LogP contribution in [0.1, 0.15) is 33.1 Å². The summed E-state index contributed by atoms with van der Waals surface area (Å²) in [6.45, 7) is 0.636. The predicted octanol–water partition coefficient (Wildman–Crippen LogP) is 2.69. The Morgan fingerprint density at radius 3 is 2.71 bits per heavy atom. The third-order valence-electron chi connectivity index (χ3n) is 5.63. The Morgan fingerprint density at radius 2 is 1.97 bits per heavy atom. The summed E-state index contributed by atoms with van der Waals surface area (Å²) < 4.78 is 10.9. The fourth-order valence-corrected chi connectivity index (χ4v) is 3.86. The van der Waals surface area contributed by atoms with Crippen molar-refractivity contribution in [1.29, 1.82) is 0 Å². The summed E-state index contributed by atoms with van der Waals surface area (Å²) in [5, 5.41) is 10.7. The molecule has 0 fully saturated rings. The van der Waals surface area contributed by atoms with Gasteiger partial charge in [-0.2, -0.15) is 5.10 Å². The van der Waals surface area contributed by atoms with Crippen molar-refractivity contribution in [2.45, 2.75) is 12.5 Å². The van der Waals surface area contributed by atoms with Crippen molar-refractivity contribution in [3.05, 3.63) is 99.6 Å². The second-order valence-corrected chi connectivity index (χ2v) is 7.73. The Balaban J connectivity index is 1.47. The number of hydrogen-bond donors (Lipinski definition) is 2. The summed E-state index contributed by atoms with van der Waals surface area (Å²) >= 11 is 0. The predicted molar refractivity (Wildman–Crippen MR) is 124 cm³/mol. The lowest BCUT2D eigenvalue weighted by molar-refractivity contribution is 0.0941. The molecule has 9 heteroatoms. The third-order valence-corrected chi connectivity index (χ3v) is 5.63. The third kappa shape index (κ3) is 4.23. The summed E-state index contributed by atoms with van der Waals surface area (Å²) in [4.78, 5) is 32.7. The van der Waals surface area contributed by atoms with E-state index < -0.39 is 17.5 Å². The molecule has 0 aliphatic carbocycles. The molecule has 0 saturated carbocycles. The van der Waals surface area contributed by atoms with E-state index in [2.05, 4.69) is 25.5 Å². The molecule has 1 amide bonds. The molecule has 0 spiro atoms. The zero-order chi connectivity index (χ0) is 23.5. The Labute approximate surface area is 194 Å². The van der Waals surface area contributed by atoms with Crippen LogP contribution >= 0.6 is 0 Å². The van der Waals surface area contributed by atoms with Gasteiger partial charge in [0.05, 0.1) is 19.8 Å². The average Bonchev–Trinajstić information content (AvgIpc) is 3.36. The molecule has 2 N–H and O–H groups in total. The SMILES string of the molecule is COc1ccc([C@@H](NC(=O)c2cnc(-c3cccnn3)[nH]c2=O)c2ccc3c(c2)CCO3)cc1. The number of rotatable bonds is 6. The smallest absolute Gasteiger partial charge is 0.264 e. The van der Waals surface area contributed by atoms with E-state index in [0.717, 1.165) is 28.9 Å². The van der Waals surface area contributed by atoms with Crippen LogP contribution in [0.25, 0.3) is 11.5 Å². The molecule has 2 aromatic carbocycles. The highest BCUT2D eigenvalue weighted by Gasteiger charge is 2.23. The van der Waals surface area contributed by atoms with Crippen LogP contribution in [-0.2, 0) is 6.42 Å². The number of nitrogens with one attached hydrogen (secondary N) is 2. The molecule has 1 aliphatic heterocycles. The van der Waals surface area contributed by atoms with Crippen LogP contribution < -0.4 is 20.3 Å². The van der Waals surface area contributed by atoms with Gasteiger partial charge in [0.1, 0.15) is 22.8 Å². The zero-order valence-electron chi connectivity index (χ0n) is 18.3. The highest BCUT2D eigenvalue weighted by molar-refractivity contribution is 5.94. The van der Waals surface area contributed by atoms with Crippen molar-refractivity contribution < 1.29 is 14.3 Å². The maximum atomic E-state index is 13.2. The summed E-state index contributed by atoms with van der Waals surface area (Å²) in [5.74, 6) is 1.25. The highest BCUT2D eigenvalue weighted by Crippen LogP contribution is 2.31. The van der Waals surface area contributed by atoms with Crippen molar-refractivity contribution in [2.75, 3.05) is 13.7 Å². The second-order valence-electron chi connectivity index (χ2n) is 7.73. The van der Waals surface area contributed by atoms with Crippen LogP contribution in [0.3, 0.4) is 0 Å². The molecule has 9 nitrogen and oxygen atoms in total. The maximum absolute atomic E-state index is 13.2. The van der Waals surface area contributed by atoms with Gasteiger partial charge in [0.15, 0.2) is 5.82 Å². The van der Waals surface area contributed by atoms with Crippen LogP contribution in [0.2, 0.25) is 0 Å². The molecule has 3 heterocycles. The number of nitrogens with zero attached hydrogens (tertiary/aromatic N) is 3. The van der Waals surface area contributed by atoms with E-state index in [0.29, 0.717) is 18.1 Å². The van der Waals surface area contributed by atoms with Crippen molar-refractivity contribution in [1.82, 2.24) is 25.5 Å². The molecule has 0 radical (unpaired) electrons. The number of benzene rings is 2. The molecule has 34 heavy (non-hydrogen) atoms. The molecular weight excluding hydrogens is 434 g/mol. The number of methoxy groups -OCH3 is 1. The number of ether oxygens (including phenoxy) is 2. The first kappa shape index (κ1) is 21.3. The zero-order valence-corrected chi connectivity index (χ0v) is 18.3. The van der Waals surface area contributed by atoms with E-state index in [1.807, 2.05) is 42.5 Å². The number of aromatic nitrogens is 4. The van der Waals surface area contributed by atoms with Gasteiger partial charge in [0.2, 0.25) is 0 Å². The van der Waals surface area contributed by atoms with Gasteiger partial charge in [-0.15, -0.1) is 5.10 Å². The first-order valence-electron chi connectivity index (χ1n) is 10.7. The lowest BCUT2D eigenvalue weighted by Gasteiger charge is -2.21. The van der Waals surface area contributed by atoms with Crippen molar-refractivity contribution in [3.8, 4) is 23.0 Å². The summed E-state index contributed by atoms with van der Waals surface area (Å²) in [5.41, 5.74) is 2.54. The number of hydrogen-bond acceptors (Lipinski definition) is 7. The van der Waals surface area contributed by atoms with Crippen molar-refractivity contribution in [3.63, 3.8) is 0 Å². The van der Waals surface area contributed by atoms with E-state index in [4.69, 9.17) is 9.47 Å². The second kappa shape index (κ2) is 9.14. The van der Waals surface area contributed by atoms with Crippen molar-refractivity contribution >= 4 is 5.91 Å². The first-order chi connectivity index (χ1) is 16.6. The molecule has 170 valence electrons. The van der Waals surface area contributed by atoms with Crippen LogP contribution in [0.5, 0.6) is 11.5 Å². The number of aromatic amines is 1. The summed E-state index contributed by atoms with van der Waals surface area (Å²) in [6, 6.07) is 16.1. The number of carbonyl (C=O) groups is 1. The van der Waals surface area contributed by atoms with Gasteiger partial charge in [0.25, 0.3) is 11.5 Å².